The van der Waals surface area contributed by atoms with Gasteiger partial charge in [-0.3, -0.25) is 0 Å². The van der Waals surface area contributed by atoms with E-state index in [1.165, 1.54) is 0 Å². The molecular formula is C14H22N2O2S. The van der Waals surface area contributed by atoms with Gasteiger partial charge in [0.1, 0.15) is 0 Å². The maximum Gasteiger partial charge on any atom is 0.218 e. The van der Waals surface area contributed by atoms with E-state index in [1.54, 1.807) is 4.31 Å². The Kier molecular flexibility index (Phi) is 4.60. The molecule has 4 nitrogen and oxygen atoms in total. The van der Waals surface area contributed by atoms with Crippen molar-refractivity contribution in [2.24, 2.45) is 11.7 Å². The molecule has 1 heterocycles. The van der Waals surface area contributed by atoms with Crippen molar-refractivity contribution >= 4 is 10.0 Å². The zero-order chi connectivity index (χ0) is 13.9. The predicted octanol–water partition coefficient (Wildman–Crippen LogP) is 1.71. The minimum Gasteiger partial charge on any atom is -0.326 e. The van der Waals surface area contributed by atoms with Crippen LogP contribution in [0.5, 0.6) is 0 Å². The summed E-state index contributed by atoms with van der Waals surface area (Å²) in [5, 5.41) is 0. The Hall–Kier alpha value is -0.910. The Labute approximate surface area is 115 Å². The normalized spacial score (nSPS) is 20.8. The number of nitrogens with zero attached hydrogens (tertiary/aromatic N) is 1. The first-order valence-electron chi connectivity index (χ1n) is 6.81. The van der Waals surface area contributed by atoms with Crippen LogP contribution >= 0.6 is 0 Å². The lowest BCUT2D eigenvalue weighted by Crippen LogP contribution is -2.30. The molecule has 0 amide bonds. The van der Waals surface area contributed by atoms with Gasteiger partial charge in [0, 0.05) is 19.6 Å². The summed E-state index contributed by atoms with van der Waals surface area (Å²) in [6.45, 7) is 3.90. The van der Waals surface area contributed by atoms with Gasteiger partial charge in [-0.25, -0.2) is 12.7 Å². The van der Waals surface area contributed by atoms with Crippen LogP contribution in [0.4, 0.5) is 0 Å². The number of nitrogens with two attached hydrogens (primary N) is 1. The van der Waals surface area contributed by atoms with Gasteiger partial charge < -0.3 is 5.73 Å². The van der Waals surface area contributed by atoms with Gasteiger partial charge in [0.2, 0.25) is 10.0 Å². The molecule has 1 aromatic carbocycles. The van der Waals surface area contributed by atoms with Crippen molar-refractivity contribution in [2.75, 3.05) is 13.1 Å². The van der Waals surface area contributed by atoms with Crippen LogP contribution in [0.3, 0.4) is 0 Å². The molecule has 0 radical (unpaired) electrons. The summed E-state index contributed by atoms with van der Waals surface area (Å²) in [5.41, 5.74) is 7.38. The first kappa shape index (κ1) is 14.5. The number of hydrogen-bond acceptors (Lipinski definition) is 3. The van der Waals surface area contributed by atoms with Crippen LogP contribution in [0.2, 0.25) is 0 Å². The van der Waals surface area contributed by atoms with E-state index >= 15 is 0 Å². The van der Waals surface area contributed by atoms with Gasteiger partial charge in [0.25, 0.3) is 0 Å². The van der Waals surface area contributed by atoms with Crippen LogP contribution in [0.1, 0.15) is 30.9 Å². The first-order valence-corrected chi connectivity index (χ1v) is 8.41. The summed E-state index contributed by atoms with van der Waals surface area (Å²) >= 11 is 0. The van der Waals surface area contributed by atoms with E-state index in [9.17, 15) is 8.42 Å². The van der Waals surface area contributed by atoms with Crippen molar-refractivity contribution < 1.29 is 8.42 Å². The minimum atomic E-state index is -3.19. The molecule has 1 aliphatic heterocycles. The van der Waals surface area contributed by atoms with Crippen LogP contribution in [0, 0.1) is 5.92 Å². The van der Waals surface area contributed by atoms with Crippen molar-refractivity contribution in [2.45, 2.75) is 32.1 Å². The number of sulfonamides is 1. The zero-order valence-electron chi connectivity index (χ0n) is 11.4. The molecule has 2 N–H and O–H groups in total. The highest BCUT2D eigenvalue weighted by Crippen LogP contribution is 2.23. The fourth-order valence-electron chi connectivity index (χ4n) is 2.53. The lowest BCUT2D eigenvalue weighted by atomic mass is 10.1. The SMILES string of the molecule is CCC1CCN(S(=O)(=O)Cc2cccc(CN)c2)C1. The molecular weight excluding hydrogens is 260 g/mol. The van der Waals surface area contributed by atoms with Crippen molar-refractivity contribution in [3.8, 4) is 0 Å². The highest BCUT2D eigenvalue weighted by Gasteiger charge is 2.30. The van der Waals surface area contributed by atoms with Gasteiger partial charge >= 0.3 is 0 Å². The van der Waals surface area contributed by atoms with E-state index in [-0.39, 0.29) is 5.75 Å². The average molecular weight is 282 g/mol. The van der Waals surface area contributed by atoms with Gasteiger partial charge in [-0.15, -0.1) is 0 Å². The van der Waals surface area contributed by atoms with Gasteiger partial charge in [-0.05, 0) is 23.5 Å². The van der Waals surface area contributed by atoms with E-state index in [1.807, 2.05) is 24.3 Å². The van der Waals surface area contributed by atoms with E-state index in [0.29, 0.717) is 25.6 Å². The molecule has 1 atom stereocenters. The monoisotopic (exact) mass is 282 g/mol. The maximum absolute atomic E-state index is 12.4. The van der Waals surface area contributed by atoms with Crippen LogP contribution in [-0.4, -0.2) is 25.8 Å². The van der Waals surface area contributed by atoms with Crippen LogP contribution in [-0.2, 0) is 22.3 Å². The second kappa shape index (κ2) is 6.03. The highest BCUT2D eigenvalue weighted by atomic mass is 32.2. The number of rotatable bonds is 5. The van der Waals surface area contributed by atoms with E-state index in [0.717, 1.165) is 24.0 Å². The highest BCUT2D eigenvalue weighted by molar-refractivity contribution is 7.88. The fraction of sp³-hybridized carbons (Fsp3) is 0.571. The average Bonchev–Trinajstić information content (AvgIpc) is 2.88. The smallest absolute Gasteiger partial charge is 0.218 e. The quantitative estimate of drug-likeness (QED) is 0.894. The van der Waals surface area contributed by atoms with Gasteiger partial charge in [-0.1, -0.05) is 37.6 Å². The lowest BCUT2D eigenvalue weighted by Gasteiger charge is -2.16. The molecule has 0 saturated carbocycles. The topological polar surface area (TPSA) is 63.4 Å². The van der Waals surface area contributed by atoms with Gasteiger partial charge in [0.15, 0.2) is 0 Å². The molecule has 1 unspecified atom stereocenters. The Morgan fingerprint density at radius 1 is 1.37 bits per heavy atom. The third-order valence-corrected chi connectivity index (χ3v) is 5.61. The summed E-state index contributed by atoms with van der Waals surface area (Å²) in [4.78, 5) is 0. The van der Waals surface area contributed by atoms with Crippen molar-refractivity contribution in [1.82, 2.24) is 4.31 Å². The lowest BCUT2D eigenvalue weighted by molar-refractivity contribution is 0.452. The number of hydrogen-bond donors (Lipinski definition) is 1. The Balaban J connectivity index is 2.08. The summed E-state index contributed by atoms with van der Waals surface area (Å²) in [6, 6.07) is 7.51. The molecule has 2 rings (SSSR count). The molecule has 5 heteroatoms. The van der Waals surface area contributed by atoms with Crippen molar-refractivity contribution in [3.63, 3.8) is 0 Å². The molecule has 1 fully saturated rings. The zero-order valence-corrected chi connectivity index (χ0v) is 12.2. The van der Waals surface area contributed by atoms with Gasteiger partial charge in [-0.2, -0.15) is 0 Å². The molecule has 0 spiro atoms. The van der Waals surface area contributed by atoms with Crippen molar-refractivity contribution in [3.05, 3.63) is 35.4 Å². The molecule has 1 aromatic rings. The second-order valence-electron chi connectivity index (χ2n) is 5.20. The standard InChI is InChI=1S/C14H22N2O2S/c1-2-12-6-7-16(10-12)19(17,18)11-14-5-3-4-13(8-14)9-15/h3-5,8,12H,2,6-7,9-11,15H2,1H3. The first-order chi connectivity index (χ1) is 9.05. The second-order valence-corrected chi connectivity index (χ2v) is 7.17. The summed E-state index contributed by atoms with van der Waals surface area (Å²) in [7, 11) is -3.19. The van der Waals surface area contributed by atoms with Gasteiger partial charge in [0.05, 0.1) is 5.75 Å². The number of benzene rings is 1. The summed E-state index contributed by atoms with van der Waals surface area (Å²) < 4.78 is 26.4. The van der Waals surface area contributed by atoms with Crippen LogP contribution < -0.4 is 5.73 Å². The van der Waals surface area contributed by atoms with Crippen LogP contribution in [0.15, 0.2) is 24.3 Å². The molecule has 19 heavy (non-hydrogen) atoms. The summed E-state index contributed by atoms with van der Waals surface area (Å²) in [5.74, 6) is 0.599. The molecule has 0 aromatic heterocycles. The third-order valence-electron chi connectivity index (χ3n) is 3.80. The van der Waals surface area contributed by atoms with E-state index in [4.69, 9.17) is 5.73 Å². The van der Waals surface area contributed by atoms with Crippen LogP contribution in [0.25, 0.3) is 0 Å². The molecule has 0 aliphatic carbocycles. The van der Waals surface area contributed by atoms with Crippen molar-refractivity contribution in [1.29, 1.82) is 0 Å². The fourth-order valence-corrected chi connectivity index (χ4v) is 4.14. The third kappa shape index (κ3) is 3.55. The summed E-state index contributed by atoms with van der Waals surface area (Å²) in [6.07, 6.45) is 2.03. The molecule has 0 bridgehead atoms. The predicted molar refractivity (Wildman–Crippen MR) is 76.9 cm³/mol. The molecule has 106 valence electrons. The largest absolute Gasteiger partial charge is 0.326 e. The minimum absolute atomic E-state index is 0.0806. The maximum atomic E-state index is 12.4. The van der Waals surface area contributed by atoms with E-state index < -0.39 is 10.0 Å². The Morgan fingerprint density at radius 2 is 2.11 bits per heavy atom. The molecule has 1 aliphatic rings. The Morgan fingerprint density at radius 3 is 2.74 bits per heavy atom. The molecule has 1 saturated heterocycles. The Bertz CT molecular complexity index is 528. The van der Waals surface area contributed by atoms with E-state index in [2.05, 4.69) is 6.92 Å².